The Morgan fingerprint density at radius 1 is 1.28 bits per heavy atom. The van der Waals surface area contributed by atoms with Gasteiger partial charge in [0.1, 0.15) is 6.34 Å². The molecule has 0 bridgehead atoms. The van der Waals surface area contributed by atoms with E-state index in [4.69, 9.17) is 0 Å². The van der Waals surface area contributed by atoms with Gasteiger partial charge in [-0.05, 0) is 19.1 Å². The number of rotatable bonds is 2. The van der Waals surface area contributed by atoms with Gasteiger partial charge in [0.15, 0.2) is 0 Å². The Morgan fingerprint density at radius 2 is 2.17 bits per heavy atom. The minimum absolute atomic E-state index is 0. The van der Waals surface area contributed by atoms with Crippen molar-refractivity contribution < 1.29 is 0 Å². The number of aromatic nitrogens is 1. The minimum atomic E-state index is 0. The molecule has 0 aliphatic carbocycles. The van der Waals surface area contributed by atoms with Crippen LogP contribution >= 0.6 is 12.4 Å². The first kappa shape index (κ1) is 12.6. The number of aliphatic imine (C=N–C) groups is 1. The predicted molar refractivity (Wildman–Crippen MR) is 77.4 cm³/mol. The molecule has 1 aliphatic heterocycles. The number of benzene rings is 1. The number of anilines is 1. The van der Waals surface area contributed by atoms with Crippen LogP contribution in [0.15, 0.2) is 35.5 Å². The van der Waals surface area contributed by atoms with Crippen LogP contribution in [-0.2, 0) is 0 Å². The molecule has 94 valence electrons. The number of hydrogen-bond acceptors (Lipinski definition) is 4. The zero-order valence-corrected chi connectivity index (χ0v) is 10.9. The SMILES string of the molecule is Cc1c(NN2C=NCC2)ccc2cccnc12.Cl. The lowest BCUT2D eigenvalue weighted by Gasteiger charge is -2.19. The standard InChI is InChI=1S/C13H14N4.ClH/c1-10-12(16-17-8-7-14-9-17)5-4-11-3-2-6-15-13(10)11;/h2-6,9,16H,7-8H2,1H3;1H. The number of hydrazine groups is 1. The zero-order valence-electron chi connectivity index (χ0n) is 10.1. The molecule has 0 unspecified atom stereocenters. The summed E-state index contributed by atoms with van der Waals surface area (Å²) in [6, 6.07) is 8.22. The summed E-state index contributed by atoms with van der Waals surface area (Å²) in [4.78, 5) is 8.60. The van der Waals surface area contributed by atoms with Crippen LogP contribution in [0.4, 0.5) is 5.69 Å². The molecule has 1 aliphatic rings. The molecule has 0 saturated heterocycles. The molecule has 5 heteroatoms. The maximum Gasteiger partial charge on any atom is 0.104 e. The minimum Gasteiger partial charge on any atom is -0.297 e. The van der Waals surface area contributed by atoms with E-state index in [1.165, 1.54) is 10.9 Å². The lowest BCUT2D eigenvalue weighted by molar-refractivity contribution is 0.557. The molecule has 2 heterocycles. The number of aryl methyl sites for hydroxylation is 1. The van der Waals surface area contributed by atoms with E-state index >= 15 is 0 Å². The van der Waals surface area contributed by atoms with Crippen LogP contribution in [0.1, 0.15) is 5.56 Å². The van der Waals surface area contributed by atoms with Crippen molar-refractivity contribution in [3.8, 4) is 0 Å². The van der Waals surface area contributed by atoms with Crippen molar-refractivity contribution in [3.05, 3.63) is 36.0 Å². The van der Waals surface area contributed by atoms with Crippen molar-refractivity contribution in [3.63, 3.8) is 0 Å². The molecule has 0 fully saturated rings. The molecule has 1 aromatic heterocycles. The molecule has 18 heavy (non-hydrogen) atoms. The number of hydrogen-bond donors (Lipinski definition) is 1. The lowest BCUT2D eigenvalue weighted by atomic mass is 10.1. The van der Waals surface area contributed by atoms with E-state index in [2.05, 4.69) is 40.5 Å². The van der Waals surface area contributed by atoms with Crippen molar-refractivity contribution in [1.29, 1.82) is 0 Å². The van der Waals surface area contributed by atoms with Gasteiger partial charge in [-0.1, -0.05) is 12.1 Å². The summed E-state index contributed by atoms with van der Waals surface area (Å²) < 4.78 is 0. The van der Waals surface area contributed by atoms with Crippen LogP contribution < -0.4 is 5.43 Å². The zero-order chi connectivity index (χ0) is 11.7. The van der Waals surface area contributed by atoms with Crippen molar-refractivity contribution >= 4 is 35.3 Å². The van der Waals surface area contributed by atoms with Gasteiger partial charge in [0.05, 0.1) is 24.3 Å². The lowest BCUT2D eigenvalue weighted by Crippen LogP contribution is -2.26. The van der Waals surface area contributed by atoms with Gasteiger partial charge in [0.25, 0.3) is 0 Å². The Hall–Kier alpha value is -1.81. The fraction of sp³-hybridized carbons (Fsp3) is 0.231. The van der Waals surface area contributed by atoms with Gasteiger partial charge < -0.3 is 0 Å². The van der Waals surface area contributed by atoms with Crippen LogP contribution in [0.3, 0.4) is 0 Å². The largest absolute Gasteiger partial charge is 0.297 e. The summed E-state index contributed by atoms with van der Waals surface area (Å²) in [6.45, 7) is 3.86. The molecule has 0 radical (unpaired) electrons. The van der Waals surface area contributed by atoms with E-state index in [1.54, 1.807) is 0 Å². The Morgan fingerprint density at radius 3 is 2.94 bits per heavy atom. The molecule has 0 amide bonds. The van der Waals surface area contributed by atoms with E-state index in [0.29, 0.717) is 0 Å². The highest BCUT2D eigenvalue weighted by Gasteiger charge is 2.08. The first-order chi connectivity index (χ1) is 8.34. The van der Waals surface area contributed by atoms with Crippen molar-refractivity contribution in [2.45, 2.75) is 6.92 Å². The second kappa shape index (κ2) is 5.23. The Bertz CT molecular complexity index is 582. The van der Waals surface area contributed by atoms with Gasteiger partial charge in [-0.25, -0.2) is 0 Å². The first-order valence-electron chi connectivity index (χ1n) is 5.72. The van der Waals surface area contributed by atoms with Gasteiger partial charge in [0, 0.05) is 17.1 Å². The second-order valence-electron chi connectivity index (χ2n) is 4.14. The molecular weight excluding hydrogens is 248 g/mol. The van der Waals surface area contributed by atoms with Crippen molar-refractivity contribution in [2.75, 3.05) is 18.5 Å². The molecule has 0 spiro atoms. The van der Waals surface area contributed by atoms with Crippen molar-refractivity contribution in [2.24, 2.45) is 4.99 Å². The molecule has 4 nitrogen and oxygen atoms in total. The summed E-state index contributed by atoms with van der Waals surface area (Å²) in [5.41, 5.74) is 6.65. The van der Waals surface area contributed by atoms with Crippen molar-refractivity contribution in [1.82, 2.24) is 9.99 Å². The molecule has 1 N–H and O–H groups in total. The third kappa shape index (κ3) is 2.24. The van der Waals surface area contributed by atoms with E-state index in [1.807, 2.05) is 23.6 Å². The number of nitrogens with zero attached hydrogens (tertiary/aromatic N) is 3. The molecule has 1 aromatic carbocycles. The van der Waals surface area contributed by atoms with Crippen LogP contribution in [0.2, 0.25) is 0 Å². The third-order valence-electron chi connectivity index (χ3n) is 2.98. The highest BCUT2D eigenvalue weighted by molar-refractivity contribution is 5.86. The highest BCUT2D eigenvalue weighted by Crippen LogP contribution is 2.23. The second-order valence-corrected chi connectivity index (χ2v) is 4.14. The van der Waals surface area contributed by atoms with Gasteiger partial charge in [0.2, 0.25) is 0 Å². The molecule has 2 aromatic rings. The smallest absolute Gasteiger partial charge is 0.104 e. The van der Waals surface area contributed by atoms with Gasteiger partial charge in [-0.3, -0.25) is 20.4 Å². The van der Waals surface area contributed by atoms with E-state index in [0.717, 1.165) is 24.3 Å². The van der Waals surface area contributed by atoms with Crippen LogP contribution in [-0.4, -0.2) is 29.4 Å². The Kier molecular flexibility index (Phi) is 3.67. The topological polar surface area (TPSA) is 40.5 Å². The Labute approximate surface area is 112 Å². The molecule has 3 rings (SSSR count). The number of fused-ring (bicyclic) bond motifs is 1. The highest BCUT2D eigenvalue weighted by atomic mass is 35.5. The summed E-state index contributed by atoms with van der Waals surface area (Å²) >= 11 is 0. The third-order valence-corrected chi connectivity index (χ3v) is 2.98. The summed E-state index contributed by atoms with van der Waals surface area (Å²) in [5.74, 6) is 0. The first-order valence-corrected chi connectivity index (χ1v) is 5.72. The predicted octanol–water partition coefficient (Wildman–Crippen LogP) is 2.64. The summed E-state index contributed by atoms with van der Waals surface area (Å²) in [6.07, 6.45) is 3.67. The van der Waals surface area contributed by atoms with Gasteiger partial charge >= 0.3 is 0 Å². The summed E-state index contributed by atoms with van der Waals surface area (Å²) in [7, 11) is 0. The fourth-order valence-corrected chi connectivity index (χ4v) is 2.03. The molecule has 0 atom stereocenters. The van der Waals surface area contributed by atoms with E-state index in [-0.39, 0.29) is 12.4 Å². The van der Waals surface area contributed by atoms with E-state index in [9.17, 15) is 0 Å². The maximum absolute atomic E-state index is 4.42. The summed E-state index contributed by atoms with van der Waals surface area (Å²) in [5, 5.41) is 3.17. The number of nitrogens with one attached hydrogen (secondary N) is 1. The molecule has 0 saturated carbocycles. The number of halogens is 1. The average Bonchev–Trinajstić information content (AvgIpc) is 2.86. The average molecular weight is 263 g/mol. The normalized spacial score (nSPS) is 13.7. The van der Waals surface area contributed by atoms with Gasteiger partial charge in [-0.2, -0.15) is 0 Å². The van der Waals surface area contributed by atoms with Gasteiger partial charge in [-0.15, -0.1) is 12.4 Å². The molecular formula is C13H15ClN4. The maximum atomic E-state index is 4.42. The monoisotopic (exact) mass is 262 g/mol. The van der Waals surface area contributed by atoms with Crippen LogP contribution in [0.25, 0.3) is 10.9 Å². The quantitative estimate of drug-likeness (QED) is 0.905. The Balaban J connectivity index is 0.00000120. The van der Waals surface area contributed by atoms with Crippen LogP contribution in [0.5, 0.6) is 0 Å². The fourth-order valence-electron chi connectivity index (χ4n) is 2.03. The van der Waals surface area contributed by atoms with Crippen LogP contribution in [0, 0.1) is 6.92 Å². The van der Waals surface area contributed by atoms with E-state index < -0.39 is 0 Å². The number of pyridine rings is 1.